The van der Waals surface area contributed by atoms with Crippen LogP contribution in [0.25, 0.3) is 0 Å². The van der Waals surface area contributed by atoms with E-state index in [0.29, 0.717) is 4.91 Å². The fourth-order valence-corrected chi connectivity index (χ4v) is 2.03. The van der Waals surface area contributed by atoms with Crippen LogP contribution in [0.15, 0.2) is 34.9 Å². The maximum absolute atomic E-state index is 10.6. The molecule has 0 spiro atoms. The molecule has 18 heavy (non-hydrogen) atoms. The third kappa shape index (κ3) is 5.77. The van der Waals surface area contributed by atoms with Crippen LogP contribution in [0.3, 0.4) is 0 Å². The average molecular weight is 267 g/mol. The van der Waals surface area contributed by atoms with E-state index in [1.54, 1.807) is 6.92 Å². The van der Waals surface area contributed by atoms with E-state index in [4.69, 9.17) is 10.8 Å². The molecule has 1 aromatic carbocycles. The van der Waals surface area contributed by atoms with Gasteiger partial charge < -0.3 is 10.8 Å². The minimum absolute atomic E-state index is 0.0716. The zero-order valence-corrected chi connectivity index (χ0v) is 12.2. The number of carboxylic acids is 1. The van der Waals surface area contributed by atoms with Crippen LogP contribution in [0.2, 0.25) is 0 Å². The van der Waals surface area contributed by atoms with Gasteiger partial charge in [0.25, 0.3) is 0 Å². The molecule has 0 heterocycles. The summed E-state index contributed by atoms with van der Waals surface area (Å²) in [5, 5.41) is 8.70. The summed E-state index contributed by atoms with van der Waals surface area (Å²) in [7, 11) is 0. The molecule has 1 aromatic rings. The van der Waals surface area contributed by atoms with Crippen LogP contribution in [0.5, 0.6) is 0 Å². The first kappa shape index (κ1) is 16.6. The number of allylic oxidation sites excluding steroid dienone is 1. The molecule has 0 radical (unpaired) electrons. The lowest BCUT2D eigenvalue weighted by atomic mass is 10.2. The number of hydrogen-bond donors (Lipinski definition) is 2. The summed E-state index contributed by atoms with van der Waals surface area (Å²) in [6.07, 6.45) is 0. The Bertz CT molecular complexity index is 428. The highest BCUT2D eigenvalue weighted by Gasteiger charge is 2.06. The fourth-order valence-electron chi connectivity index (χ4n) is 1.22. The Kier molecular flexibility index (Phi) is 7.96. The Morgan fingerprint density at radius 2 is 2.00 bits per heavy atom. The molecule has 100 valence electrons. The van der Waals surface area contributed by atoms with E-state index in [2.05, 4.69) is 6.07 Å². The summed E-state index contributed by atoms with van der Waals surface area (Å²) in [4.78, 5) is 11.3. The van der Waals surface area contributed by atoms with Crippen molar-refractivity contribution < 1.29 is 9.90 Å². The number of aliphatic carboxylic acids is 1. The minimum atomic E-state index is -1.06. The van der Waals surface area contributed by atoms with Crippen LogP contribution in [-0.4, -0.2) is 11.1 Å². The van der Waals surface area contributed by atoms with Crippen LogP contribution < -0.4 is 5.73 Å². The van der Waals surface area contributed by atoms with E-state index in [0.717, 1.165) is 5.75 Å². The van der Waals surface area contributed by atoms with Gasteiger partial charge in [0.1, 0.15) is 5.70 Å². The van der Waals surface area contributed by atoms with Crippen molar-refractivity contribution in [3.05, 3.63) is 46.0 Å². The van der Waals surface area contributed by atoms with E-state index in [1.807, 2.05) is 39.0 Å². The first-order valence-corrected chi connectivity index (χ1v) is 6.87. The van der Waals surface area contributed by atoms with Crippen LogP contribution in [-0.2, 0) is 10.5 Å². The van der Waals surface area contributed by atoms with E-state index >= 15 is 0 Å². The summed E-state index contributed by atoms with van der Waals surface area (Å²) in [6, 6.07) is 8.12. The monoisotopic (exact) mass is 267 g/mol. The lowest BCUT2D eigenvalue weighted by Crippen LogP contribution is -2.11. The molecule has 1 rings (SSSR count). The Balaban J connectivity index is 0.00000137. The Labute approximate surface area is 113 Å². The second-order valence-corrected chi connectivity index (χ2v) is 4.74. The van der Waals surface area contributed by atoms with E-state index < -0.39 is 5.97 Å². The number of carbonyl (C=O) groups is 1. The number of hydrogen-bond acceptors (Lipinski definition) is 3. The van der Waals surface area contributed by atoms with Crippen LogP contribution in [0, 0.1) is 6.92 Å². The summed E-state index contributed by atoms with van der Waals surface area (Å²) in [5.74, 6) is -0.323. The molecule has 0 aromatic heterocycles. The van der Waals surface area contributed by atoms with Gasteiger partial charge in [0.05, 0.1) is 0 Å². The number of carboxylic acid groups (broad SMARTS) is 1. The third-order valence-corrected chi connectivity index (χ3v) is 3.28. The minimum Gasteiger partial charge on any atom is -0.477 e. The smallest absolute Gasteiger partial charge is 0.352 e. The second-order valence-electron chi connectivity index (χ2n) is 3.55. The van der Waals surface area contributed by atoms with E-state index in [9.17, 15) is 4.79 Å². The van der Waals surface area contributed by atoms with Gasteiger partial charge in [-0.1, -0.05) is 43.7 Å². The highest BCUT2D eigenvalue weighted by Crippen LogP contribution is 2.22. The van der Waals surface area contributed by atoms with Gasteiger partial charge >= 0.3 is 5.97 Å². The van der Waals surface area contributed by atoms with E-state index in [-0.39, 0.29) is 5.70 Å². The predicted octanol–water partition coefficient (Wildman–Crippen LogP) is 3.53. The average Bonchev–Trinajstić information content (AvgIpc) is 2.37. The van der Waals surface area contributed by atoms with Crippen LogP contribution in [0.1, 0.15) is 31.9 Å². The molecule has 0 bridgehead atoms. The number of benzene rings is 1. The summed E-state index contributed by atoms with van der Waals surface area (Å²) in [5.41, 5.74) is 7.71. The zero-order chi connectivity index (χ0) is 14.1. The third-order valence-electron chi connectivity index (χ3n) is 2.15. The van der Waals surface area contributed by atoms with Crippen molar-refractivity contribution in [2.24, 2.45) is 5.73 Å². The predicted molar refractivity (Wildman–Crippen MR) is 78.3 cm³/mol. The second kappa shape index (κ2) is 8.64. The molecular formula is C14H21NO2S. The van der Waals surface area contributed by atoms with E-state index in [1.165, 1.54) is 22.9 Å². The molecular weight excluding hydrogens is 246 g/mol. The molecule has 0 aliphatic heterocycles. The van der Waals surface area contributed by atoms with Crippen molar-refractivity contribution in [2.75, 3.05) is 0 Å². The van der Waals surface area contributed by atoms with Crippen molar-refractivity contribution in [3.63, 3.8) is 0 Å². The highest BCUT2D eigenvalue weighted by molar-refractivity contribution is 8.02. The molecule has 3 nitrogen and oxygen atoms in total. The van der Waals surface area contributed by atoms with Gasteiger partial charge in [-0.3, -0.25) is 0 Å². The summed E-state index contributed by atoms with van der Waals surface area (Å²) < 4.78 is 0. The number of nitrogens with two attached hydrogens (primary N) is 1. The quantitative estimate of drug-likeness (QED) is 0.819. The molecule has 0 atom stereocenters. The molecule has 0 saturated heterocycles. The highest BCUT2D eigenvalue weighted by atomic mass is 32.2. The van der Waals surface area contributed by atoms with Gasteiger partial charge in [0.15, 0.2) is 0 Å². The molecule has 0 saturated carbocycles. The number of aryl methyl sites for hydroxylation is 1. The van der Waals surface area contributed by atoms with Crippen molar-refractivity contribution in [3.8, 4) is 0 Å². The van der Waals surface area contributed by atoms with Gasteiger partial charge in [0, 0.05) is 10.7 Å². The van der Waals surface area contributed by atoms with Crippen LogP contribution in [0.4, 0.5) is 0 Å². The van der Waals surface area contributed by atoms with Gasteiger partial charge in [0.2, 0.25) is 0 Å². The fraction of sp³-hybridized carbons (Fsp3) is 0.357. The van der Waals surface area contributed by atoms with Crippen LogP contribution >= 0.6 is 11.8 Å². The zero-order valence-electron chi connectivity index (χ0n) is 11.4. The summed E-state index contributed by atoms with van der Waals surface area (Å²) >= 11 is 1.45. The maximum atomic E-state index is 10.6. The standard InChI is InChI=1S/C12H15NO2S.C2H6/c1-8-4-3-5-10(6-8)7-16-9(2)11(13)12(14)15;1-2/h3-6H,7,13H2,1-2H3,(H,14,15);1-2H3/b11-9-;. The van der Waals surface area contributed by atoms with Gasteiger partial charge in [-0.25, -0.2) is 4.79 Å². The van der Waals surface area contributed by atoms with Gasteiger partial charge in [-0.05, 0) is 19.4 Å². The van der Waals surface area contributed by atoms with Crippen molar-refractivity contribution in [1.29, 1.82) is 0 Å². The summed E-state index contributed by atoms with van der Waals surface area (Å²) in [6.45, 7) is 7.76. The van der Waals surface area contributed by atoms with Crippen molar-refractivity contribution in [2.45, 2.75) is 33.4 Å². The molecule has 0 unspecified atom stereocenters. The Morgan fingerprint density at radius 3 is 2.50 bits per heavy atom. The Hall–Kier alpha value is -1.42. The first-order valence-electron chi connectivity index (χ1n) is 5.88. The molecule has 3 N–H and O–H groups in total. The first-order chi connectivity index (χ1) is 8.50. The largest absolute Gasteiger partial charge is 0.477 e. The molecule has 0 fully saturated rings. The lowest BCUT2D eigenvalue weighted by Gasteiger charge is -2.04. The maximum Gasteiger partial charge on any atom is 0.352 e. The lowest BCUT2D eigenvalue weighted by molar-refractivity contribution is -0.132. The SMILES string of the molecule is C/C(SCc1cccc(C)c1)=C(/N)C(=O)O.CC. The molecule has 4 heteroatoms. The normalized spacial score (nSPS) is 11.1. The van der Waals surface area contributed by atoms with Crippen molar-refractivity contribution in [1.82, 2.24) is 0 Å². The van der Waals surface area contributed by atoms with Gasteiger partial charge in [-0.15, -0.1) is 11.8 Å². The topological polar surface area (TPSA) is 63.3 Å². The Morgan fingerprint density at radius 1 is 1.39 bits per heavy atom. The molecule has 0 amide bonds. The van der Waals surface area contributed by atoms with Gasteiger partial charge in [-0.2, -0.15) is 0 Å². The van der Waals surface area contributed by atoms with Crippen molar-refractivity contribution >= 4 is 17.7 Å². The molecule has 0 aliphatic carbocycles. The number of rotatable bonds is 4. The number of thioether (sulfide) groups is 1. The molecule has 0 aliphatic rings.